The molecule has 21 nitrogen and oxygen atoms in total. The number of carbonyl (C=O) groups excluding carboxylic acids is 1. The van der Waals surface area contributed by atoms with Crippen molar-refractivity contribution in [3.05, 3.63) is 123 Å². The van der Waals surface area contributed by atoms with Gasteiger partial charge in [-0.05, 0) is 142 Å². The molecular weight excluding hydrogens is 1120 g/mol. The average Bonchev–Trinajstić information content (AvgIpc) is 1.29. The number of nitrogens with zero attached hydrogens (tertiary/aromatic N) is 8. The van der Waals surface area contributed by atoms with Crippen LogP contribution in [-0.4, -0.2) is 159 Å². The molecule has 0 unspecified atom stereocenters. The van der Waals surface area contributed by atoms with E-state index in [0.717, 1.165) is 112 Å². The van der Waals surface area contributed by atoms with E-state index in [2.05, 4.69) is 67.0 Å². The van der Waals surface area contributed by atoms with Gasteiger partial charge in [0.15, 0.2) is 11.6 Å². The van der Waals surface area contributed by atoms with Crippen molar-refractivity contribution in [3.8, 4) is 11.6 Å². The lowest BCUT2D eigenvalue weighted by Gasteiger charge is -2.58. The molecule has 8 heterocycles. The van der Waals surface area contributed by atoms with Crippen LogP contribution in [0, 0.1) is 34.2 Å². The number of piperidine rings is 1. The van der Waals surface area contributed by atoms with Gasteiger partial charge in [-0.25, -0.2) is 22.5 Å². The van der Waals surface area contributed by atoms with Gasteiger partial charge in [-0.1, -0.05) is 24.3 Å². The molecule has 5 aliphatic heterocycles. The van der Waals surface area contributed by atoms with Gasteiger partial charge >= 0.3 is 0 Å². The van der Waals surface area contributed by atoms with Crippen molar-refractivity contribution in [2.45, 2.75) is 113 Å². The number of methoxy groups -OCH3 is 1. The number of anilines is 5. The number of piperazine rings is 1. The number of hydrogen-bond acceptors (Lipinski definition) is 18. The molecule has 23 heteroatoms. The molecule has 3 aromatic carbocycles. The maximum atomic E-state index is 17.3. The summed E-state index contributed by atoms with van der Waals surface area (Å²) in [4.78, 5) is 50.4. The molecule has 1 amide bonds. The largest absolute Gasteiger partial charge is 0.493 e. The first-order chi connectivity index (χ1) is 41.5. The molecule has 86 heavy (non-hydrogen) atoms. The van der Waals surface area contributed by atoms with Crippen molar-refractivity contribution in [1.29, 1.82) is 0 Å². The van der Waals surface area contributed by atoms with E-state index in [4.69, 9.17) is 28.9 Å². The summed E-state index contributed by atoms with van der Waals surface area (Å²) in [7, 11) is -3.07. The zero-order valence-electron chi connectivity index (χ0n) is 49.0. The van der Waals surface area contributed by atoms with Crippen LogP contribution < -0.4 is 34.2 Å². The molecular formula is C63H76FN11O10S. The van der Waals surface area contributed by atoms with Crippen LogP contribution in [-0.2, 0) is 26.0 Å². The molecule has 1 spiro atoms. The summed E-state index contributed by atoms with van der Waals surface area (Å²) in [5, 5.41) is 26.8. The predicted octanol–water partition coefficient (Wildman–Crippen LogP) is 8.63. The highest BCUT2D eigenvalue weighted by Gasteiger charge is 2.51. The topological polar surface area (TPSA) is 233 Å². The Morgan fingerprint density at radius 1 is 0.919 bits per heavy atom. The second-order valence-electron chi connectivity index (χ2n) is 25.1. The van der Waals surface area contributed by atoms with Gasteiger partial charge < -0.3 is 49.1 Å². The zero-order valence-corrected chi connectivity index (χ0v) is 49.8. The number of aryl methyl sites for hydroxylation is 1. The van der Waals surface area contributed by atoms with E-state index >= 15 is 4.39 Å². The van der Waals surface area contributed by atoms with Gasteiger partial charge in [-0.15, -0.1) is 0 Å². The Morgan fingerprint density at radius 2 is 1.71 bits per heavy atom. The Hall–Kier alpha value is -7.15. The van der Waals surface area contributed by atoms with E-state index in [9.17, 15) is 28.4 Å². The molecule has 3 aromatic heterocycles. The molecule has 0 radical (unpaired) electrons. The van der Waals surface area contributed by atoms with Crippen molar-refractivity contribution in [2.75, 3.05) is 106 Å². The number of aromatic amines is 1. The Bertz CT molecular complexity index is 3630. The lowest BCUT2D eigenvalue weighted by molar-refractivity contribution is -0.384. The Labute approximate surface area is 500 Å². The molecule has 2 saturated carbocycles. The van der Waals surface area contributed by atoms with Crippen LogP contribution in [0.5, 0.6) is 11.6 Å². The number of rotatable bonds is 15. The van der Waals surface area contributed by atoms with E-state index in [1.807, 2.05) is 28.1 Å². The van der Waals surface area contributed by atoms with Gasteiger partial charge in [0.05, 0.1) is 65.3 Å². The minimum Gasteiger partial charge on any atom is -0.493 e. The summed E-state index contributed by atoms with van der Waals surface area (Å²) in [6.07, 6.45) is 10.1. The number of carbonyl (C=O) groups is 1. The Balaban J connectivity index is 0.747. The van der Waals surface area contributed by atoms with Crippen LogP contribution in [0.25, 0.3) is 11.0 Å². The van der Waals surface area contributed by atoms with E-state index in [0.29, 0.717) is 76.1 Å². The van der Waals surface area contributed by atoms with E-state index in [1.165, 1.54) is 23.3 Å². The molecule has 13 rings (SSSR count). The van der Waals surface area contributed by atoms with E-state index < -0.39 is 55.0 Å². The molecule has 4 N–H and O–H groups in total. The minimum absolute atomic E-state index is 0.0699. The first-order valence-corrected chi connectivity index (χ1v) is 31.8. The summed E-state index contributed by atoms with van der Waals surface area (Å²) in [5.41, 5.74) is 4.07. The molecule has 3 atom stereocenters. The van der Waals surface area contributed by atoms with Gasteiger partial charge in [0, 0.05) is 101 Å². The van der Waals surface area contributed by atoms with Gasteiger partial charge in [0.1, 0.15) is 28.9 Å². The van der Waals surface area contributed by atoms with Gasteiger partial charge in [-0.2, -0.15) is 4.98 Å². The second kappa shape index (κ2) is 23.5. The number of benzene rings is 3. The summed E-state index contributed by atoms with van der Waals surface area (Å²) in [5.74, 6) is 0.251. The average molecular weight is 1200 g/mol. The Morgan fingerprint density at radius 3 is 2.48 bits per heavy atom. The molecule has 6 fully saturated rings. The number of nitro groups is 1. The highest BCUT2D eigenvalue weighted by Crippen LogP contribution is 2.54. The number of halogens is 1. The lowest BCUT2D eigenvalue weighted by atomic mass is 9.59. The molecule has 6 aromatic rings. The molecule has 456 valence electrons. The summed E-state index contributed by atoms with van der Waals surface area (Å²) < 4.78 is 71.9. The van der Waals surface area contributed by atoms with E-state index in [-0.39, 0.29) is 52.5 Å². The number of nitrogens with one attached hydrogen (secondary N) is 3. The number of nitro benzene ring substituents is 1. The van der Waals surface area contributed by atoms with Crippen molar-refractivity contribution in [1.82, 2.24) is 29.5 Å². The third-order valence-electron chi connectivity index (χ3n) is 19.5. The fourth-order valence-electron chi connectivity index (χ4n) is 14.6. The highest BCUT2D eigenvalue weighted by molar-refractivity contribution is 7.90. The van der Waals surface area contributed by atoms with Crippen LogP contribution in [0.4, 0.5) is 38.6 Å². The summed E-state index contributed by atoms with van der Waals surface area (Å²) >= 11 is 0. The third kappa shape index (κ3) is 11.5. The molecule has 2 aliphatic carbocycles. The smallest absolute Gasteiger partial charge is 0.293 e. The standard InChI is InChI=1S/C63H76FN11O10S/c1-40-6-4-5-7-46(40)55-38-70(37-42-28-56(82-3)59(67-36-42)72-23-26-83-27-24-72)21-22-73(55)44-33-63(34-44)16-19-71(20-17-63)52-32-51(74-50-13-25-84-39-57(50)85-61-54(74)29-43-12-18-65-58(43)68-61)47(31-48(52)64)60(76)69-86(80,81)45-8-9-49(53(30-45)75(78)79)66-35-41-10-14-62(2,77)15-11-41/h4-9,12,18,28-32,36,41,44,50,55,57,66,77H,10-11,13-17,19-27,33-35,37-39H2,1-3H3,(H,65,68)(H,69,76)/t41?,50-,55-,57-,62?/m0/s1. The number of hydrogen-bond donors (Lipinski definition) is 4. The first kappa shape index (κ1) is 57.9. The number of morpholine rings is 1. The number of pyridine rings is 2. The van der Waals surface area contributed by atoms with Crippen LogP contribution in [0.3, 0.4) is 0 Å². The molecule has 7 aliphatic rings. The zero-order chi connectivity index (χ0) is 59.5. The fraction of sp³-hybridized carbons (Fsp3) is 0.508. The van der Waals surface area contributed by atoms with Crippen LogP contribution in [0.15, 0.2) is 90.1 Å². The SMILES string of the molecule is COc1cc(CN2CCN(C3CC4(CCN(c5cc(N6c7cc8cc[nH]c8nc7O[C@H]7COCC[C@@H]76)c(C(=O)NS(=O)(=O)c6ccc(NCC7CCC(C)(O)CC7)c([N+](=O)[O-])c6)cc5F)CC4)C3)[C@H](c3ccccc3C)C2)cnc1N1CCOCC1. The van der Waals surface area contributed by atoms with Crippen LogP contribution >= 0.6 is 0 Å². The number of ether oxygens (including phenoxy) is 4. The maximum Gasteiger partial charge on any atom is 0.293 e. The number of H-pyrrole nitrogens is 1. The lowest BCUT2D eigenvalue weighted by Crippen LogP contribution is -2.60. The van der Waals surface area contributed by atoms with Crippen molar-refractivity contribution >= 4 is 61.2 Å². The van der Waals surface area contributed by atoms with Gasteiger partial charge in [0.2, 0.25) is 5.88 Å². The first-order valence-electron chi connectivity index (χ1n) is 30.3. The van der Waals surface area contributed by atoms with Gasteiger partial charge in [-0.3, -0.25) is 24.7 Å². The number of aromatic nitrogens is 3. The second-order valence-corrected chi connectivity index (χ2v) is 26.7. The maximum absolute atomic E-state index is 17.3. The summed E-state index contributed by atoms with van der Waals surface area (Å²) in [6, 6.07) is 21.0. The molecule has 4 saturated heterocycles. The molecule has 0 bridgehead atoms. The predicted molar refractivity (Wildman–Crippen MR) is 324 cm³/mol. The number of sulfonamides is 1. The minimum atomic E-state index is -4.78. The third-order valence-corrected chi connectivity index (χ3v) is 20.8. The normalized spacial score (nSPS) is 24.6. The number of aliphatic hydroxyl groups is 1. The van der Waals surface area contributed by atoms with Gasteiger partial charge in [0.25, 0.3) is 21.6 Å². The van der Waals surface area contributed by atoms with E-state index in [1.54, 1.807) is 26.3 Å². The quantitative estimate of drug-likeness (QED) is 0.0556. The Kier molecular flexibility index (Phi) is 15.8. The highest BCUT2D eigenvalue weighted by atomic mass is 32.2. The van der Waals surface area contributed by atoms with Crippen LogP contribution in [0.1, 0.15) is 97.8 Å². The van der Waals surface area contributed by atoms with Crippen molar-refractivity contribution in [2.24, 2.45) is 11.3 Å². The monoisotopic (exact) mass is 1200 g/mol. The summed E-state index contributed by atoms with van der Waals surface area (Å²) in [6.45, 7) is 12.5. The fourth-order valence-corrected chi connectivity index (χ4v) is 15.5. The van der Waals surface area contributed by atoms with Crippen molar-refractivity contribution in [3.63, 3.8) is 0 Å². The van der Waals surface area contributed by atoms with Crippen LogP contribution in [0.2, 0.25) is 0 Å². The number of fused-ring (bicyclic) bond motifs is 3. The van der Waals surface area contributed by atoms with Crippen molar-refractivity contribution < 1.29 is 46.6 Å². The number of amides is 1.